The van der Waals surface area contributed by atoms with Gasteiger partial charge in [-0.1, -0.05) is 0 Å². The molecule has 3 nitrogen and oxygen atoms in total. The number of hydrogen-bond acceptors (Lipinski definition) is 3. The second-order valence-electron chi connectivity index (χ2n) is 2.57. The fraction of sp³-hybridized carbons (Fsp3) is 0. The van der Waals surface area contributed by atoms with E-state index in [1.807, 2.05) is 18.2 Å². The lowest BCUT2D eigenvalue weighted by atomic mass is 10.2. The molecule has 64 valence electrons. The number of halogens is 1. The van der Waals surface area contributed by atoms with Crippen molar-refractivity contribution in [2.45, 2.75) is 0 Å². The van der Waals surface area contributed by atoms with E-state index >= 15 is 0 Å². The summed E-state index contributed by atoms with van der Waals surface area (Å²) in [6, 6.07) is 8.90. The monoisotopic (exact) mass is 284 g/mol. The molecule has 0 unspecified atom stereocenters. The first-order valence-corrected chi connectivity index (χ1v) is 4.77. The summed E-state index contributed by atoms with van der Waals surface area (Å²) in [5.74, 6) is 0. The van der Waals surface area contributed by atoms with Gasteiger partial charge in [-0.05, 0) is 46.9 Å². The molecule has 1 aromatic heterocycles. The first kappa shape index (κ1) is 8.55. The molecule has 0 amide bonds. The second-order valence-corrected chi connectivity index (χ2v) is 3.82. The molecule has 2 rings (SSSR count). The van der Waals surface area contributed by atoms with Crippen molar-refractivity contribution in [3.8, 4) is 0 Å². The quantitative estimate of drug-likeness (QED) is 0.690. The normalized spacial score (nSPS) is 10.2. The Bertz CT molecular complexity index is 513. The number of hydrogen-bond donors (Lipinski definition) is 0. The summed E-state index contributed by atoms with van der Waals surface area (Å²) >= 11 is 2.21. The minimum absolute atomic E-state index is 0.314. The van der Waals surface area contributed by atoms with E-state index in [2.05, 4.69) is 32.8 Å². The Balaban J connectivity index is 2.90. The van der Waals surface area contributed by atoms with Gasteiger partial charge in [0.1, 0.15) is 0 Å². The zero-order valence-electron chi connectivity index (χ0n) is 6.57. The molecule has 0 aliphatic carbocycles. The minimum Gasteiger partial charge on any atom is -0.266 e. The van der Waals surface area contributed by atoms with Crippen molar-refractivity contribution in [3.05, 3.63) is 44.3 Å². The molecule has 13 heavy (non-hydrogen) atoms. The Hall–Kier alpha value is -1.04. The van der Waals surface area contributed by atoms with E-state index in [1.54, 1.807) is 6.07 Å². The summed E-state index contributed by atoms with van der Waals surface area (Å²) in [7, 11) is 0. The summed E-state index contributed by atoms with van der Waals surface area (Å²) in [4.78, 5) is 10.9. The highest BCUT2D eigenvalue weighted by molar-refractivity contribution is 14.1. The zero-order chi connectivity index (χ0) is 9.26. The summed E-state index contributed by atoms with van der Waals surface area (Å²) in [6.07, 6.45) is 0. The summed E-state index contributed by atoms with van der Waals surface area (Å²) in [5, 5.41) is 8.24. The van der Waals surface area contributed by atoms with Crippen molar-refractivity contribution in [1.82, 2.24) is 10.2 Å². The van der Waals surface area contributed by atoms with Gasteiger partial charge in [0.15, 0.2) is 0 Å². The van der Waals surface area contributed by atoms with Crippen LogP contribution in [0.1, 0.15) is 0 Å². The van der Waals surface area contributed by atoms with Gasteiger partial charge in [0, 0.05) is 15.0 Å². The number of nitrogens with zero attached hydrogens (tertiary/aromatic N) is 2. The second kappa shape index (κ2) is 3.37. The van der Waals surface area contributed by atoms with Gasteiger partial charge in [-0.2, -0.15) is 0 Å². The first-order chi connectivity index (χ1) is 6.25. The van der Waals surface area contributed by atoms with Crippen LogP contribution in [0.15, 0.2) is 35.1 Å². The molecule has 0 aliphatic rings. The van der Waals surface area contributed by atoms with Gasteiger partial charge in [-0.3, -0.25) is 4.79 Å². The van der Waals surface area contributed by atoms with Crippen LogP contribution >= 0.6 is 22.6 Å². The molecule has 0 bridgehead atoms. The molecule has 1 aromatic carbocycles. The molecule has 4 heteroatoms. The van der Waals surface area contributed by atoms with E-state index < -0.39 is 0 Å². The highest BCUT2D eigenvalue weighted by Crippen LogP contribution is 2.12. The average molecular weight is 284 g/mol. The average Bonchev–Trinajstić information content (AvgIpc) is 2.29. The predicted molar refractivity (Wildman–Crippen MR) is 58.5 cm³/mol. The largest absolute Gasteiger partial charge is 0.288 e. The van der Waals surface area contributed by atoms with Crippen LogP contribution in [-0.2, 0) is 0 Å². The zero-order valence-corrected chi connectivity index (χ0v) is 8.72. The fourth-order valence-corrected chi connectivity index (χ4v) is 1.56. The van der Waals surface area contributed by atoms with Gasteiger partial charge in [-0.15, -0.1) is 10.2 Å². The molecule has 0 radical (unpaired) electrons. The van der Waals surface area contributed by atoms with Crippen LogP contribution in [0.4, 0.5) is 0 Å². The van der Waals surface area contributed by atoms with Crippen molar-refractivity contribution < 1.29 is 0 Å². The molecule has 0 N–H and O–H groups in total. The van der Waals surface area contributed by atoms with Crippen molar-refractivity contribution in [2.75, 3.05) is 0 Å². The Morgan fingerprint density at radius 2 is 1.92 bits per heavy atom. The molecule has 0 spiro atoms. The maximum absolute atomic E-state index is 10.9. The fourth-order valence-electron chi connectivity index (χ4n) is 1.05. The van der Waals surface area contributed by atoms with Crippen molar-refractivity contribution in [2.24, 2.45) is 0 Å². The van der Waals surface area contributed by atoms with Gasteiger partial charge in [0.2, 0.25) is 0 Å². The lowest BCUT2D eigenvalue weighted by Gasteiger charge is -1.90. The number of aromatic nitrogens is 2. The number of benzene rings is 1. The molecule has 0 fully saturated rings. The molecule has 0 atom stereocenters. The van der Waals surface area contributed by atoms with Crippen LogP contribution in [0.5, 0.6) is 0 Å². The SMILES string of the molecule is O=c1ccc2cc(I)ccc2nn1. The third-order valence-electron chi connectivity index (χ3n) is 1.65. The van der Waals surface area contributed by atoms with Crippen LogP contribution in [0, 0.1) is 3.57 Å². The van der Waals surface area contributed by atoms with Gasteiger partial charge in [-0.25, -0.2) is 0 Å². The molecule has 1 heterocycles. The van der Waals surface area contributed by atoms with Crippen LogP contribution in [0.25, 0.3) is 10.9 Å². The molecule has 0 saturated carbocycles. The third-order valence-corrected chi connectivity index (χ3v) is 2.32. The number of fused-ring (bicyclic) bond motifs is 1. The molecule has 0 saturated heterocycles. The Labute approximate surface area is 88.0 Å². The molecular weight excluding hydrogens is 279 g/mol. The Morgan fingerprint density at radius 3 is 2.77 bits per heavy atom. The van der Waals surface area contributed by atoms with Crippen LogP contribution in [0.2, 0.25) is 0 Å². The van der Waals surface area contributed by atoms with Gasteiger partial charge in [0.25, 0.3) is 5.56 Å². The lowest BCUT2D eigenvalue weighted by Crippen LogP contribution is -1.99. The lowest BCUT2D eigenvalue weighted by molar-refractivity contribution is 1.04. The molecule has 0 aliphatic heterocycles. The van der Waals surface area contributed by atoms with Crippen molar-refractivity contribution in [3.63, 3.8) is 0 Å². The van der Waals surface area contributed by atoms with Crippen molar-refractivity contribution in [1.29, 1.82) is 0 Å². The van der Waals surface area contributed by atoms with Crippen molar-refractivity contribution >= 4 is 33.5 Å². The van der Waals surface area contributed by atoms with E-state index in [0.29, 0.717) is 0 Å². The topological polar surface area (TPSA) is 42.9 Å². The maximum Gasteiger partial charge on any atom is 0.288 e. The van der Waals surface area contributed by atoms with E-state index in [9.17, 15) is 4.79 Å². The van der Waals surface area contributed by atoms with Crippen LogP contribution in [-0.4, -0.2) is 10.2 Å². The highest BCUT2D eigenvalue weighted by Gasteiger charge is 1.93. The van der Waals surface area contributed by atoms with E-state index in [-0.39, 0.29) is 5.56 Å². The smallest absolute Gasteiger partial charge is 0.266 e. The van der Waals surface area contributed by atoms with Gasteiger partial charge >= 0.3 is 0 Å². The summed E-state index contributed by atoms with van der Waals surface area (Å²) in [6.45, 7) is 0. The van der Waals surface area contributed by atoms with Gasteiger partial charge < -0.3 is 0 Å². The van der Waals surface area contributed by atoms with Crippen LogP contribution < -0.4 is 5.56 Å². The van der Waals surface area contributed by atoms with E-state index in [4.69, 9.17) is 0 Å². The minimum atomic E-state index is -0.314. The Kier molecular flexibility index (Phi) is 2.22. The standard InChI is InChI=1S/C9H5IN2O/c10-7-2-3-8-6(5-7)1-4-9(13)12-11-8/h1-5H. The first-order valence-electron chi connectivity index (χ1n) is 3.69. The predicted octanol–water partition coefficient (Wildman–Crippen LogP) is 1.59. The maximum atomic E-state index is 10.9. The summed E-state index contributed by atoms with van der Waals surface area (Å²) in [5.41, 5.74) is 0.425. The molecule has 2 aromatic rings. The number of rotatable bonds is 0. The van der Waals surface area contributed by atoms with Crippen LogP contribution in [0.3, 0.4) is 0 Å². The highest BCUT2D eigenvalue weighted by atomic mass is 127. The van der Waals surface area contributed by atoms with Gasteiger partial charge in [0.05, 0.1) is 5.52 Å². The summed E-state index contributed by atoms with van der Waals surface area (Å²) < 4.78 is 1.12. The third kappa shape index (κ3) is 1.82. The van der Waals surface area contributed by atoms with E-state index in [0.717, 1.165) is 14.5 Å². The Morgan fingerprint density at radius 1 is 1.08 bits per heavy atom. The van der Waals surface area contributed by atoms with E-state index in [1.165, 1.54) is 6.07 Å². The molecular formula is C9H5IN2O.